The zero-order chi connectivity index (χ0) is 14.4. The van der Waals surface area contributed by atoms with E-state index in [-0.39, 0.29) is 0 Å². The summed E-state index contributed by atoms with van der Waals surface area (Å²) in [5.74, 6) is 0.959. The Labute approximate surface area is 121 Å². The molecule has 2 heterocycles. The van der Waals surface area contributed by atoms with Gasteiger partial charge in [0.15, 0.2) is 0 Å². The van der Waals surface area contributed by atoms with Crippen molar-refractivity contribution in [1.29, 1.82) is 0 Å². The first-order valence-corrected chi connectivity index (χ1v) is 7.15. The molecule has 5 heteroatoms. The Hall–Kier alpha value is -1.46. The van der Waals surface area contributed by atoms with E-state index in [0.717, 1.165) is 44.2 Å². The zero-order valence-electron chi connectivity index (χ0n) is 12.6. The van der Waals surface area contributed by atoms with Crippen molar-refractivity contribution < 1.29 is 4.74 Å². The molecule has 0 aromatic carbocycles. The van der Waals surface area contributed by atoms with Crippen LogP contribution >= 0.6 is 0 Å². The average molecular weight is 276 g/mol. The van der Waals surface area contributed by atoms with Gasteiger partial charge in [0.05, 0.1) is 18.5 Å². The van der Waals surface area contributed by atoms with Crippen molar-refractivity contribution >= 4 is 5.82 Å². The van der Waals surface area contributed by atoms with Crippen LogP contribution in [0.5, 0.6) is 0 Å². The van der Waals surface area contributed by atoms with Crippen molar-refractivity contribution in [3.8, 4) is 0 Å². The number of nitrogens with zero attached hydrogens (tertiary/aromatic N) is 3. The summed E-state index contributed by atoms with van der Waals surface area (Å²) in [6, 6.07) is 0.454. The summed E-state index contributed by atoms with van der Waals surface area (Å²) < 4.78 is 5.17. The van der Waals surface area contributed by atoms with E-state index in [1.165, 1.54) is 5.57 Å². The molecule has 1 aromatic rings. The molecule has 0 radical (unpaired) electrons. The van der Waals surface area contributed by atoms with Gasteiger partial charge in [0, 0.05) is 39.0 Å². The molecule has 0 bridgehead atoms. The maximum absolute atomic E-state index is 5.17. The van der Waals surface area contributed by atoms with Crippen molar-refractivity contribution in [2.24, 2.45) is 0 Å². The normalized spacial score (nSPS) is 15.6. The topological polar surface area (TPSA) is 50.3 Å². The lowest BCUT2D eigenvalue weighted by Crippen LogP contribution is -2.30. The number of aromatic nitrogens is 2. The molecule has 0 spiro atoms. The van der Waals surface area contributed by atoms with Crippen LogP contribution in [0, 0.1) is 0 Å². The van der Waals surface area contributed by atoms with Crippen LogP contribution in [0.3, 0.4) is 0 Å². The largest absolute Gasteiger partial charge is 0.380 e. The molecule has 110 valence electrons. The number of hydrogen-bond donors (Lipinski definition) is 1. The van der Waals surface area contributed by atoms with E-state index >= 15 is 0 Å². The van der Waals surface area contributed by atoms with Crippen LogP contribution in [0.25, 0.3) is 0 Å². The van der Waals surface area contributed by atoms with Gasteiger partial charge >= 0.3 is 0 Å². The van der Waals surface area contributed by atoms with Gasteiger partial charge in [0.2, 0.25) is 0 Å². The van der Waals surface area contributed by atoms with E-state index < -0.39 is 0 Å². The molecule has 1 aliphatic heterocycles. The molecule has 0 atom stereocenters. The Morgan fingerprint density at radius 1 is 1.40 bits per heavy atom. The molecule has 0 unspecified atom stereocenters. The van der Waals surface area contributed by atoms with Gasteiger partial charge in [-0.05, 0) is 12.0 Å². The van der Waals surface area contributed by atoms with E-state index in [1.807, 2.05) is 12.4 Å². The van der Waals surface area contributed by atoms with Crippen LogP contribution in [-0.2, 0) is 11.3 Å². The van der Waals surface area contributed by atoms with Crippen molar-refractivity contribution in [2.75, 3.05) is 31.7 Å². The molecule has 1 aromatic heterocycles. The van der Waals surface area contributed by atoms with Gasteiger partial charge in [-0.15, -0.1) is 0 Å². The summed E-state index contributed by atoms with van der Waals surface area (Å²) in [7, 11) is 1.74. The van der Waals surface area contributed by atoms with Crippen LogP contribution in [-0.4, -0.2) is 42.8 Å². The molecular weight excluding hydrogens is 252 g/mol. The van der Waals surface area contributed by atoms with Crippen molar-refractivity contribution in [2.45, 2.75) is 32.9 Å². The highest BCUT2D eigenvalue weighted by molar-refractivity contribution is 5.39. The first kappa shape index (κ1) is 14.9. The highest BCUT2D eigenvalue weighted by atomic mass is 16.5. The highest BCUT2D eigenvalue weighted by Crippen LogP contribution is 2.17. The Balaban J connectivity index is 1.97. The maximum atomic E-state index is 5.17. The lowest BCUT2D eigenvalue weighted by molar-refractivity contribution is 0.222. The smallest absolute Gasteiger partial charge is 0.147 e. The molecule has 0 amide bonds. The fraction of sp³-hybridized carbons (Fsp3) is 0.600. The second kappa shape index (κ2) is 7.36. The summed E-state index contributed by atoms with van der Waals surface area (Å²) in [6.07, 6.45) is 6.93. The molecule has 0 saturated carbocycles. The molecule has 2 rings (SSSR count). The Morgan fingerprint density at radius 3 is 2.90 bits per heavy atom. The Bertz CT molecular complexity index is 459. The summed E-state index contributed by atoms with van der Waals surface area (Å²) >= 11 is 0. The third-order valence-corrected chi connectivity index (χ3v) is 3.32. The average Bonchev–Trinajstić information content (AvgIpc) is 2.47. The SMILES string of the molecule is COCC1=CCN(c2cncc(CNC(C)C)n2)CC1. The molecular formula is C15H24N4O. The Kier molecular flexibility index (Phi) is 5.49. The van der Waals surface area contributed by atoms with Crippen molar-refractivity contribution in [3.05, 3.63) is 29.7 Å². The number of hydrogen-bond acceptors (Lipinski definition) is 5. The van der Waals surface area contributed by atoms with Crippen molar-refractivity contribution in [3.63, 3.8) is 0 Å². The first-order valence-electron chi connectivity index (χ1n) is 7.15. The van der Waals surface area contributed by atoms with Gasteiger partial charge in [0.25, 0.3) is 0 Å². The number of methoxy groups -OCH3 is 1. The third kappa shape index (κ3) is 4.28. The van der Waals surface area contributed by atoms with E-state index in [4.69, 9.17) is 4.74 Å². The van der Waals surface area contributed by atoms with E-state index in [0.29, 0.717) is 6.04 Å². The summed E-state index contributed by atoms with van der Waals surface area (Å²) in [5.41, 5.74) is 2.36. The van der Waals surface area contributed by atoms with Gasteiger partial charge in [-0.1, -0.05) is 19.9 Å². The quantitative estimate of drug-likeness (QED) is 0.802. The second-order valence-corrected chi connectivity index (χ2v) is 5.40. The molecule has 0 aliphatic carbocycles. The van der Waals surface area contributed by atoms with Gasteiger partial charge in [0.1, 0.15) is 5.82 Å². The fourth-order valence-corrected chi connectivity index (χ4v) is 2.18. The third-order valence-electron chi connectivity index (χ3n) is 3.32. The molecule has 20 heavy (non-hydrogen) atoms. The van der Waals surface area contributed by atoms with E-state index in [2.05, 4.69) is 40.1 Å². The first-order chi connectivity index (χ1) is 9.69. The van der Waals surface area contributed by atoms with E-state index in [1.54, 1.807) is 7.11 Å². The number of ether oxygens (including phenoxy) is 1. The minimum absolute atomic E-state index is 0.454. The van der Waals surface area contributed by atoms with Gasteiger partial charge in [-0.25, -0.2) is 4.98 Å². The predicted molar refractivity (Wildman–Crippen MR) is 80.8 cm³/mol. The summed E-state index contributed by atoms with van der Waals surface area (Å²) in [4.78, 5) is 11.2. The lowest BCUT2D eigenvalue weighted by atomic mass is 10.1. The van der Waals surface area contributed by atoms with Crippen LogP contribution in [0.15, 0.2) is 24.0 Å². The van der Waals surface area contributed by atoms with Crippen LogP contribution < -0.4 is 10.2 Å². The molecule has 1 N–H and O–H groups in total. The van der Waals surface area contributed by atoms with Gasteiger partial charge in [-0.3, -0.25) is 4.98 Å². The fourth-order valence-electron chi connectivity index (χ4n) is 2.18. The standard InChI is InChI=1S/C15H24N4O/c1-12(2)17-9-14-8-16-10-15(18-14)19-6-4-13(5-7-19)11-20-3/h4,8,10,12,17H,5-7,9,11H2,1-3H3. The predicted octanol–water partition coefficient (Wildman–Crippen LogP) is 1.76. The highest BCUT2D eigenvalue weighted by Gasteiger charge is 2.14. The monoisotopic (exact) mass is 276 g/mol. The molecule has 1 aliphatic rings. The van der Waals surface area contributed by atoms with Crippen molar-refractivity contribution in [1.82, 2.24) is 15.3 Å². The Morgan fingerprint density at radius 2 is 2.25 bits per heavy atom. The lowest BCUT2D eigenvalue weighted by Gasteiger charge is -2.27. The summed E-state index contributed by atoms with van der Waals surface area (Å²) in [6.45, 7) is 7.61. The van der Waals surface area contributed by atoms with Crippen LogP contribution in [0.1, 0.15) is 26.0 Å². The van der Waals surface area contributed by atoms with E-state index in [9.17, 15) is 0 Å². The molecule has 5 nitrogen and oxygen atoms in total. The van der Waals surface area contributed by atoms with Crippen LogP contribution in [0.2, 0.25) is 0 Å². The minimum atomic E-state index is 0.454. The number of rotatable bonds is 6. The minimum Gasteiger partial charge on any atom is -0.380 e. The molecule has 0 saturated heterocycles. The number of anilines is 1. The maximum Gasteiger partial charge on any atom is 0.147 e. The van der Waals surface area contributed by atoms with Gasteiger partial charge in [-0.2, -0.15) is 0 Å². The molecule has 0 fully saturated rings. The zero-order valence-corrected chi connectivity index (χ0v) is 12.6. The second-order valence-electron chi connectivity index (χ2n) is 5.40. The number of nitrogens with one attached hydrogen (secondary N) is 1. The van der Waals surface area contributed by atoms with Gasteiger partial charge < -0.3 is 15.0 Å². The summed E-state index contributed by atoms with van der Waals surface area (Å²) in [5, 5.41) is 3.37. The van der Waals surface area contributed by atoms with Crippen LogP contribution in [0.4, 0.5) is 5.82 Å².